The molecule has 0 aliphatic heterocycles. The fourth-order valence-electron chi connectivity index (χ4n) is 2.36. The van der Waals surface area contributed by atoms with E-state index in [9.17, 15) is 4.79 Å². The molecule has 5 heteroatoms. The summed E-state index contributed by atoms with van der Waals surface area (Å²) in [5.41, 5.74) is 1.45. The smallest absolute Gasteiger partial charge is 0.255 e. The summed E-state index contributed by atoms with van der Waals surface area (Å²) in [5, 5.41) is 2.93. The number of amides is 1. The molecule has 0 unspecified atom stereocenters. The molecule has 1 amide bonds. The summed E-state index contributed by atoms with van der Waals surface area (Å²) in [6.07, 6.45) is 6.24. The fourth-order valence-corrected chi connectivity index (χ4v) is 2.36. The van der Waals surface area contributed by atoms with Gasteiger partial charge in [-0.15, -0.1) is 0 Å². The minimum atomic E-state index is -0.171. The first-order valence-electron chi connectivity index (χ1n) is 8.29. The highest BCUT2D eigenvalue weighted by molar-refractivity contribution is 5.94. The predicted molar refractivity (Wildman–Crippen MR) is 92.6 cm³/mol. The molecule has 1 heterocycles. The van der Waals surface area contributed by atoms with Gasteiger partial charge in [-0.25, -0.2) is 0 Å². The van der Waals surface area contributed by atoms with Crippen LogP contribution in [0.15, 0.2) is 41.2 Å². The number of methoxy groups -OCH3 is 1. The molecule has 0 spiro atoms. The van der Waals surface area contributed by atoms with Gasteiger partial charge in [0.2, 0.25) is 0 Å². The van der Waals surface area contributed by atoms with Gasteiger partial charge in [-0.1, -0.05) is 25.8 Å². The Hall–Kier alpha value is -2.43. The minimum Gasteiger partial charge on any atom is -0.493 e. The van der Waals surface area contributed by atoms with Crippen molar-refractivity contribution < 1.29 is 18.7 Å². The Labute approximate surface area is 143 Å². The second-order valence-electron chi connectivity index (χ2n) is 5.67. The van der Waals surface area contributed by atoms with E-state index in [2.05, 4.69) is 12.2 Å². The molecule has 0 bridgehead atoms. The Bertz CT molecular complexity index is 637. The number of unbranched alkanes of at least 4 members (excludes halogenated alkanes) is 2. The van der Waals surface area contributed by atoms with E-state index in [1.54, 1.807) is 13.2 Å². The largest absolute Gasteiger partial charge is 0.493 e. The van der Waals surface area contributed by atoms with Gasteiger partial charge in [0.15, 0.2) is 11.5 Å². The number of hydrogen-bond acceptors (Lipinski definition) is 4. The number of carbonyl (C=O) groups excluding carboxylic acids is 1. The molecule has 0 aliphatic carbocycles. The van der Waals surface area contributed by atoms with Crippen LogP contribution in [0.2, 0.25) is 0 Å². The first kappa shape index (κ1) is 17.9. The van der Waals surface area contributed by atoms with Crippen molar-refractivity contribution in [3.63, 3.8) is 0 Å². The van der Waals surface area contributed by atoms with Crippen molar-refractivity contribution in [2.45, 2.75) is 39.2 Å². The maximum atomic E-state index is 12.1. The lowest BCUT2D eigenvalue weighted by Gasteiger charge is -2.17. The number of nitrogens with one attached hydrogen (secondary N) is 1. The summed E-state index contributed by atoms with van der Waals surface area (Å²) in [6.45, 7) is 4.76. The summed E-state index contributed by atoms with van der Waals surface area (Å²) >= 11 is 0. The van der Waals surface area contributed by atoms with E-state index in [0.717, 1.165) is 30.6 Å². The first-order valence-corrected chi connectivity index (χ1v) is 8.29. The molecule has 0 fully saturated rings. The van der Waals surface area contributed by atoms with Crippen LogP contribution < -0.4 is 14.8 Å². The molecule has 1 atom stereocenters. The number of benzene rings is 1. The van der Waals surface area contributed by atoms with Crippen LogP contribution >= 0.6 is 0 Å². The molecule has 0 saturated heterocycles. The lowest BCUT2D eigenvalue weighted by molar-refractivity contribution is 0.0939. The Balaban J connectivity index is 2.00. The van der Waals surface area contributed by atoms with Crippen LogP contribution in [-0.2, 0) is 0 Å². The normalized spacial score (nSPS) is 11.8. The Morgan fingerprint density at radius 3 is 2.75 bits per heavy atom. The number of furan rings is 1. The van der Waals surface area contributed by atoms with Crippen LogP contribution in [0.3, 0.4) is 0 Å². The van der Waals surface area contributed by atoms with Crippen LogP contribution in [-0.4, -0.2) is 19.6 Å². The van der Waals surface area contributed by atoms with Gasteiger partial charge in [-0.05, 0) is 37.1 Å². The Morgan fingerprint density at radius 1 is 1.25 bits per heavy atom. The number of ether oxygens (including phenoxy) is 2. The van der Waals surface area contributed by atoms with E-state index in [0.29, 0.717) is 17.9 Å². The number of carbonyl (C=O) groups is 1. The molecule has 1 aromatic carbocycles. The zero-order chi connectivity index (χ0) is 17.4. The van der Waals surface area contributed by atoms with Crippen molar-refractivity contribution >= 4 is 5.91 Å². The predicted octanol–water partition coefficient (Wildman–Crippen LogP) is 4.35. The quantitative estimate of drug-likeness (QED) is 0.694. The van der Waals surface area contributed by atoms with Crippen molar-refractivity contribution in [3.05, 3.63) is 47.9 Å². The van der Waals surface area contributed by atoms with E-state index < -0.39 is 0 Å². The molecule has 130 valence electrons. The van der Waals surface area contributed by atoms with Gasteiger partial charge in [-0.2, -0.15) is 0 Å². The molecule has 2 rings (SSSR count). The molecule has 0 aliphatic rings. The summed E-state index contributed by atoms with van der Waals surface area (Å²) in [5.74, 6) is 1.23. The van der Waals surface area contributed by atoms with Gasteiger partial charge in [0, 0.05) is 0 Å². The lowest BCUT2D eigenvalue weighted by atomic mass is 10.1. The van der Waals surface area contributed by atoms with E-state index in [1.807, 2.05) is 25.1 Å². The Kier molecular flexibility index (Phi) is 6.73. The maximum Gasteiger partial charge on any atom is 0.255 e. The SMILES string of the molecule is CCCCCOc1ccc([C@H](C)NC(=O)c2ccoc2)cc1OC. The van der Waals surface area contributed by atoms with Gasteiger partial charge < -0.3 is 19.2 Å². The second-order valence-corrected chi connectivity index (χ2v) is 5.67. The van der Waals surface area contributed by atoms with Crippen LogP contribution in [0, 0.1) is 0 Å². The molecule has 1 N–H and O–H groups in total. The highest BCUT2D eigenvalue weighted by Crippen LogP contribution is 2.30. The summed E-state index contributed by atoms with van der Waals surface area (Å²) in [6, 6.07) is 7.21. The van der Waals surface area contributed by atoms with Crippen LogP contribution in [0.4, 0.5) is 0 Å². The van der Waals surface area contributed by atoms with Gasteiger partial charge in [0.1, 0.15) is 6.26 Å². The van der Waals surface area contributed by atoms with Gasteiger partial charge in [-0.3, -0.25) is 4.79 Å². The molecule has 1 aromatic heterocycles. The van der Waals surface area contributed by atoms with Crippen LogP contribution in [0.1, 0.15) is 55.1 Å². The van der Waals surface area contributed by atoms with Crippen molar-refractivity contribution in [1.29, 1.82) is 0 Å². The molecule has 2 aromatic rings. The zero-order valence-electron chi connectivity index (χ0n) is 14.5. The zero-order valence-corrected chi connectivity index (χ0v) is 14.5. The van der Waals surface area contributed by atoms with Crippen molar-refractivity contribution in [3.8, 4) is 11.5 Å². The van der Waals surface area contributed by atoms with E-state index in [1.165, 1.54) is 12.5 Å². The molecule has 0 radical (unpaired) electrons. The van der Waals surface area contributed by atoms with Gasteiger partial charge in [0.25, 0.3) is 5.91 Å². The molecule has 5 nitrogen and oxygen atoms in total. The van der Waals surface area contributed by atoms with Gasteiger partial charge >= 0.3 is 0 Å². The van der Waals surface area contributed by atoms with E-state index >= 15 is 0 Å². The van der Waals surface area contributed by atoms with Crippen molar-refractivity contribution in [2.75, 3.05) is 13.7 Å². The summed E-state index contributed by atoms with van der Waals surface area (Å²) in [4.78, 5) is 12.1. The molecule has 24 heavy (non-hydrogen) atoms. The first-order chi connectivity index (χ1) is 11.7. The standard InChI is InChI=1S/C19H25NO4/c1-4-5-6-10-24-17-8-7-15(12-18(17)22-3)14(2)20-19(21)16-9-11-23-13-16/h7-9,11-14H,4-6,10H2,1-3H3,(H,20,21)/t14-/m0/s1. The highest BCUT2D eigenvalue weighted by Gasteiger charge is 2.14. The van der Waals surface area contributed by atoms with Crippen molar-refractivity contribution in [1.82, 2.24) is 5.32 Å². The molecule has 0 saturated carbocycles. The third-order valence-corrected chi connectivity index (χ3v) is 3.82. The third-order valence-electron chi connectivity index (χ3n) is 3.82. The highest BCUT2D eigenvalue weighted by atomic mass is 16.5. The molecular formula is C19H25NO4. The monoisotopic (exact) mass is 331 g/mol. The average Bonchev–Trinajstić information content (AvgIpc) is 3.13. The third kappa shape index (κ3) is 4.78. The fraction of sp³-hybridized carbons (Fsp3) is 0.421. The lowest BCUT2D eigenvalue weighted by Crippen LogP contribution is -2.26. The topological polar surface area (TPSA) is 60.7 Å². The summed E-state index contributed by atoms with van der Waals surface area (Å²) < 4.78 is 16.1. The van der Waals surface area contributed by atoms with Crippen LogP contribution in [0.5, 0.6) is 11.5 Å². The number of hydrogen-bond donors (Lipinski definition) is 1. The summed E-state index contributed by atoms with van der Waals surface area (Å²) in [7, 11) is 1.62. The minimum absolute atomic E-state index is 0.157. The maximum absolute atomic E-state index is 12.1. The van der Waals surface area contributed by atoms with Gasteiger partial charge in [0.05, 0.1) is 31.6 Å². The van der Waals surface area contributed by atoms with E-state index in [-0.39, 0.29) is 11.9 Å². The molecular weight excluding hydrogens is 306 g/mol. The van der Waals surface area contributed by atoms with Crippen LogP contribution in [0.25, 0.3) is 0 Å². The van der Waals surface area contributed by atoms with Crippen molar-refractivity contribution in [2.24, 2.45) is 0 Å². The second kappa shape index (κ2) is 9.01. The number of rotatable bonds is 9. The van der Waals surface area contributed by atoms with E-state index in [4.69, 9.17) is 13.9 Å². The Morgan fingerprint density at radius 2 is 2.08 bits per heavy atom. The average molecular weight is 331 g/mol.